The van der Waals surface area contributed by atoms with E-state index in [1.54, 1.807) is 4.90 Å². The van der Waals surface area contributed by atoms with Crippen molar-refractivity contribution >= 4 is 45.9 Å². The van der Waals surface area contributed by atoms with Crippen LogP contribution in [0.4, 0.5) is 13.2 Å². The van der Waals surface area contributed by atoms with Crippen molar-refractivity contribution in [2.45, 2.75) is 33.4 Å². The molecule has 0 spiro atoms. The predicted octanol–water partition coefficient (Wildman–Crippen LogP) is 6.56. The standard InChI is InChI=1S/C25H24Cl2F3N3O2/c1-12-7-8-33(11-14(12)3)24(35)15-5-6-17(26)20(21(15)27)22(34)18-10-16-13(2)9-19(25(28,29)30)31-23(16)32(18)4/h5-6,9-10,12,14H,7-8,11H2,1-4H3/t12-,14-/m0/s1. The Morgan fingerprint density at radius 3 is 2.43 bits per heavy atom. The van der Waals surface area contributed by atoms with Gasteiger partial charge in [-0.2, -0.15) is 13.2 Å². The number of benzene rings is 1. The van der Waals surface area contributed by atoms with Gasteiger partial charge in [-0.1, -0.05) is 37.0 Å². The van der Waals surface area contributed by atoms with Crippen molar-refractivity contribution in [2.75, 3.05) is 13.1 Å². The van der Waals surface area contributed by atoms with E-state index in [1.165, 1.54) is 36.7 Å². The Kier molecular flexibility index (Phi) is 6.66. The van der Waals surface area contributed by atoms with E-state index in [2.05, 4.69) is 18.8 Å². The molecule has 1 aliphatic rings. The maximum absolute atomic E-state index is 13.6. The van der Waals surface area contributed by atoms with Crippen molar-refractivity contribution in [1.29, 1.82) is 0 Å². The molecule has 0 radical (unpaired) electrons. The first-order chi connectivity index (χ1) is 16.3. The molecule has 1 amide bonds. The maximum Gasteiger partial charge on any atom is 0.433 e. The molecule has 1 fully saturated rings. The normalized spacial score (nSPS) is 18.8. The van der Waals surface area contributed by atoms with E-state index in [0.717, 1.165) is 12.5 Å². The van der Waals surface area contributed by atoms with Crippen LogP contribution in [0.25, 0.3) is 11.0 Å². The molecule has 2 aromatic heterocycles. The van der Waals surface area contributed by atoms with Gasteiger partial charge in [-0.25, -0.2) is 4.98 Å². The summed E-state index contributed by atoms with van der Waals surface area (Å²) in [7, 11) is 1.45. The Balaban J connectivity index is 1.77. The molecule has 186 valence electrons. The van der Waals surface area contributed by atoms with Crippen LogP contribution in [-0.2, 0) is 13.2 Å². The Morgan fingerprint density at radius 2 is 1.80 bits per heavy atom. The third kappa shape index (κ3) is 4.54. The van der Waals surface area contributed by atoms with Gasteiger partial charge < -0.3 is 9.47 Å². The van der Waals surface area contributed by atoms with Crippen LogP contribution in [-0.4, -0.2) is 39.2 Å². The number of rotatable bonds is 3. The van der Waals surface area contributed by atoms with Crippen molar-refractivity contribution < 1.29 is 22.8 Å². The molecule has 2 atom stereocenters. The molecule has 3 heterocycles. The first-order valence-corrected chi connectivity index (χ1v) is 11.9. The number of ketones is 1. The molecule has 1 aromatic carbocycles. The van der Waals surface area contributed by atoms with Gasteiger partial charge in [0, 0.05) is 25.5 Å². The van der Waals surface area contributed by atoms with Crippen molar-refractivity contribution in [1.82, 2.24) is 14.5 Å². The van der Waals surface area contributed by atoms with Crippen LogP contribution in [0, 0.1) is 18.8 Å². The minimum atomic E-state index is -4.63. The van der Waals surface area contributed by atoms with E-state index >= 15 is 0 Å². The van der Waals surface area contributed by atoms with Crippen molar-refractivity contribution in [3.8, 4) is 0 Å². The van der Waals surface area contributed by atoms with Gasteiger partial charge in [0.05, 0.1) is 26.9 Å². The minimum Gasteiger partial charge on any atom is -0.338 e. The predicted molar refractivity (Wildman–Crippen MR) is 129 cm³/mol. The fourth-order valence-electron chi connectivity index (χ4n) is 4.48. The molecular formula is C25H24Cl2F3N3O2. The number of pyridine rings is 1. The average Bonchev–Trinajstić information content (AvgIpc) is 3.12. The molecule has 0 unspecified atom stereocenters. The molecule has 1 saturated heterocycles. The second-order valence-electron chi connectivity index (χ2n) is 9.26. The number of alkyl halides is 3. The highest BCUT2D eigenvalue weighted by atomic mass is 35.5. The van der Waals surface area contributed by atoms with Gasteiger partial charge in [0.2, 0.25) is 5.78 Å². The largest absolute Gasteiger partial charge is 0.433 e. The number of fused-ring (bicyclic) bond motifs is 1. The molecule has 1 aliphatic heterocycles. The molecule has 5 nitrogen and oxygen atoms in total. The lowest BCUT2D eigenvalue weighted by molar-refractivity contribution is -0.141. The summed E-state index contributed by atoms with van der Waals surface area (Å²) in [5.41, 5.74) is -0.561. The Labute approximate surface area is 210 Å². The van der Waals surface area contributed by atoms with E-state index < -0.39 is 17.7 Å². The molecule has 0 aliphatic carbocycles. The third-order valence-corrected chi connectivity index (χ3v) is 7.61. The number of aryl methyl sites for hydroxylation is 2. The highest BCUT2D eigenvalue weighted by Gasteiger charge is 2.34. The van der Waals surface area contributed by atoms with Crippen LogP contribution < -0.4 is 0 Å². The lowest BCUT2D eigenvalue weighted by Gasteiger charge is -2.35. The number of nitrogens with zero attached hydrogens (tertiary/aromatic N) is 3. The number of likely N-dealkylation sites (tertiary alicyclic amines) is 1. The minimum absolute atomic E-state index is 0.0107. The zero-order chi connectivity index (χ0) is 25.8. The number of hydrogen-bond acceptors (Lipinski definition) is 3. The zero-order valence-electron chi connectivity index (χ0n) is 19.6. The van der Waals surface area contributed by atoms with Crippen LogP contribution in [0.2, 0.25) is 10.0 Å². The van der Waals surface area contributed by atoms with Gasteiger partial charge in [0.1, 0.15) is 11.3 Å². The summed E-state index contributed by atoms with van der Waals surface area (Å²) in [6.45, 7) is 6.92. The van der Waals surface area contributed by atoms with Crippen LogP contribution in [0.1, 0.15) is 57.9 Å². The summed E-state index contributed by atoms with van der Waals surface area (Å²) in [5, 5.41) is 0.368. The second-order valence-corrected chi connectivity index (χ2v) is 10.0. The van der Waals surface area contributed by atoms with Crippen LogP contribution in [0.15, 0.2) is 24.3 Å². The first kappa shape index (κ1) is 25.5. The van der Waals surface area contributed by atoms with E-state index in [-0.39, 0.29) is 38.4 Å². The third-order valence-electron chi connectivity index (χ3n) is 6.90. The van der Waals surface area contributed by atoms with Gasteiger partial charge in [0.15, 0.2) is 0 Å². The Bertz CT molecular complexity index is 1350. The topological polar surface area (TPSA) is 55.2 Å². The fraction of sp³-hybridized carbons (Fsp3) is 0.400. The number of piperidine rings is 1. The summed E-state index contributed by atoms with van der Waals surface area (Å²) in [6.07, 6.45) is -3.76. The van der Waals surface area contributed by atoms with Crippen LogP contribution in [0.3, 0.4) is 0 Å². The number of carbonyl (C=O) groups excluding carboxylic acids is 2. The highest BCUT2D eigenvalue weighted by Crippen LogP contribution is 2.35. The van der Waals surface area contributed by atoms with E-state index in [1.807, 2.05) is 0 Å². The molecule has 4 rings (SSSR count). The summed E-state index contributed by atoms with van der Waals surface area (Å²) in [6, 6.07) is 5.35. The lowest BCUT2D eigenvalue weighted by Crippen LogP contribution is -2.42. The SMILES string of the molecule is Cc1cc(C(F)(F)F)nc2c1cc(C(=O)c1c(Cl)ccc(C(=O)N3CC[C@H](C)[C@@H](C)C3)c1Cl)n2C. The summed E-state index contributed by atoms with van der Waals surface area (Å²) in [5.74, 6) is -0.0705. The number of halogens is 5. The highest BCUT2D eigenvalue weighted by molar-refractivity contribution is 6.42. The maximum atomic E-state index is 13.6. The molecule has 3 aromatic rings. The number of carbonyl (C=O) groups is 2. The first-order valence-electron chi connectivity index (χ1n) is 11.2. The zero-order valence-corrected chi connectivity index (χ0v) is 21.1. The quantitative estimate of drug-likeness (QED) is 0.364. The second kappa shape index (κ2) is 9.13. The van der Waals surface area contributed by atoms with Gasteiger partial charge in [-0.15, -0.1) is 0 Å². The summed E-state index contributed by atoms with van der Waals surface area (Å²) < 4.78 is 41.1. The molecule has 35 heavy (non-hydrogen) atoms. The number of amides is 1. The summed E-state index contributed by atoms with van der Waals surface area (Å²) in [4.78, 5) is 32.2. The fourth-order valence-corrected chi connectivity index (χ4v) is 5.11. The van der Waals surface area contributed by atoms with Gasteiger partial charge in [-0.3, -0.25) is 9.59 Å². The van der Waals surface area contributed by atoms with E-state index in [4.69, 9.17) is 23.2 Å². The van der Waals surface area contributed by atoms with E-state index in [9.17, 15) is 22.8 Å². The smallest absolute Gasteiger partial charge is 0.338 e. The lowest BCUT2D eigenvalue weighted by atomic mass is 9.88. The molecule has 0 bridgehead atoms. The number of hydrogen-bond donors (Lipinski definition) is 0. The molecule has 0 saturated carbocycles. The monoisotopic (exact) mass is 525 g/mol. The van der Waals surface area contributed by atoms with Crippen molar-refractivity contribution in [3.05, 3.63) is 62.4 Å². The van der Waals surface area contributed by atoms with Crippen LogP contribution >= 0.6 is 23.2 Å². The molecular weight excluding hydrogens is 502 g/mol. The van der Waals surface area contributed by atoms with Crippen LogP contribution in [0.5, 0.6) is 0 Å². The van der Waals surface area contributed by atoms with Gasteiger partial charge >= 0.3 is 6.18 Å². The van der Waals surface area contributed by atoms with E-state index in [0.29, 0.717) is 35.9 Å². The van der Waals surface area contributed by atoms with Gasteiger partial charge in [0.25, 0.3) is 5.91 Å². The summed E-state index contributed by atoms with van der Waals surface area (Å²) >= 11 is 12.9. The average molecular weight is 526 g/mol. The number of aromatic nitrogens is 2. The Hall–Kier alpha value is -2.58. The molecule has 0 N–H and O–H groups in total. The van der Waals surface area contributed by atoms with Crippen molar-refractivity contribution in [2.24, 2.45) is 18.9 Å². The van der Waals surface area contributed by atoms with Gasteiger partial charge in [-0.05, 0) is 55.0 Å². The Morgan fingerprint density at radius 1 is 1.11 bits per heavy atom. The van der Waals surface area contributed by atoms with Crippen molar-refractivity contribution in [3.63, 3.8) is 0 Å². The molecule has 10 heteroatoms.